The fourth-order valence-corrected chi connectivity index (χ4v) is 4.44. The molecule has 0 aromatic heterocycles. The number of benzene rings is 1. The number of nitrogens with one attached hydrogen (secondary N) is 1. The Morgan fingerprint density at radius 3 is 3.11 bits per heavy atom. The first kappa shape index (κ1) is 11.8. The van der Waals surface area contributed by atoms with Gasteiger partial charge in [0.1, 0.15) is 0 Å². The molecule has 2 heteroatoms. The first-order valence-electron chi connectivity index (χ1n) is 8.00. The number of anilines is 1. The van der Waals surface area contributed by atoms with Crippen LogP contribution in [0.3, 0.4) is 0 Å². The van der Waals surface area contributed by atoms with Crippen molar-refractivity contribution in [2.45, 2.75) is 51.1 Å². The number of hydrogen-bond acceptors (Lipinski definition) is 2. The highest BCUT2D eigenvalue weighted by Crippen LogP contribution is 2.37. The third-order valence-electron chi connectivity index (χ3n) is 5.37. The van der Waals surface area contributed by atoms with Gasteiger partial charge in [0.25, 0.3) is 0 Å². The van der Waals surface area contributed by atoms with Gasteiger partial charge in [0.2, 0.25) is 0 Å². The lowest BCUT2D eigenvalue weighted by molar-refractivity contribution is 0.106. The summed E-state index contributed by atoms with van der Waals surface area (Å²) in [5, 5.41) is 3.45. The van der Waals surface area contributed by atoms with Crippen molar-refractivity contribution in [2.75, 3.05) is 18.4 Å². The van der Waals surface area contributed by atoms with Crippen molar-refractivity contribution < 1.29 is 0 Å². The van der Waals surface area contributed by atoms with Crippen LogP contribution in [0.1, 0.15) is 43.2 Å². The summed E-state index contributed by atoms with van der Waals surface area (Å²) in [4.78, 5) is 2.77. The average molecular weight is 256 g/mol. The van der Waals surface area contributed by atoms with Gasteiger partial charge in [0.05, 0.1) is 0 Å². The predicted molar refractivity (Wildman–Crippen MR) is 79.4 cm³/mol. The molecule has 2 fully saturated rings. The fraction of sp³-hybridized carbons (Fsp3) is 0.647. The Morgan fingerprint density at radius 1 is 1.16 bits per heavy atom. The van der Waals surface area contributed by atoms with Gasteiger partial charge in [-0.15, -0.1) is 0 Å². The largest absolute Gasteiger partial charge is 0.384 e. The summed E-state index contributed by atoms with van der Waals surface area (Å²) in [7, 11) is 0. The zero-order chi connectivity index (χ0) is 12.7. The molecule has 0 amide bonds. The minimum absolute atomic E-state index is 0.889. The number of piperidine rings is 1. The van der Waals surface area contributed by atoms with Crippen LogP contribution >= 0.6 is 0 Å². The first-order chi connectivity index (χ1) is 9.40. The molecule has 2 atom stereocenters. The van der Waals surface area contributed by atoms with Crippen LogP contribution in [-0.2, 0) is 13.0 Å². The first-order valence-corrected chi connectivity index (χ1v) is 8.00. The van der Waals surface area contributed by atoms with Gasteiger partial charge in [-0.05, 0) is 61.8 Å². The van der Waals surface area contributed by atoms with Crippen molar-refractivity contribution in [1.29, 1.82) is 0 Å². The van der Waals surface area contributed by atoms with Crippen LogP contribution < -0.4 is 5.32 Å². The summed E-state index contributed by atoms with van der Waals surface area (Å²) in [5.74, 6) is 1.00. The van der Waals surface area contributed by atoms with E-state index in [1.807, 2.05) is 0 Å². The molecule has 1 aromatic rings. The highest BCUT2D eigenvalue weighted by molar-refractivity contribution is 5.56. The standard InChI is InChI=1S/C17H24N2/c1-3-14-4-2-10-19(17(14)5-1)12-13-6-7-16-15(11-13)8-9-18-16/h6-7,11,14,17-18H,1-5,8-10,12H2. The summed E-state index contributed by atoms with van der Waals surface area (Å²) in [6.07, 6.45) is 8.48. The van der Waals surface area contributed by atoms with Crippen molar-refractivity contribution in [3.63, 3.8) is 0 Å². The monoisotopic (exact) mass is 256 g/mol. The number of fused-ring (bicyclic) bond motifs is 2. The van der Waals surface area contributed by atoms with Crippen LogP contribution in [0.2, 0.25) is 0 Å². The number of rotatable bonds is 2. The molecule has 1 aliphatic carbocycles. The molecule has 4 rings (SSSR count). The average Bonchev–Trinajstić information content (AvgIpc) is 3.06. The second-order valence-electron chi connectivity index (χ2n) is 6.54. The third-order valence-corrected chi connectivity index (χ3v) is 5.37. The molecular weight excluding hydrogens is 232 g/mol. The van der Waals surface area contributed by atoms with E-state index in [9.17, 15) is 0 Å². The lowest BCUT2D eigenvalue weighted by Gasteiger charge is -2.37. The van der Waals surface area contributed by atoms with Crippen molar-refractivity contribution >= 4 is 5.69 Å². The minimum atomic E-state index is 0.889. The van der Waals surface area contributed by atoms with Crippen LogP contribution in [0.15, 0.2) is 18.2 Å². The second-order valence-corrected chi connectivity index (χ2v) is 6.54. The molecule has 0 radical (unpaired) electrons. The predicted octanol–water partition coefficient (Wildman–Crippen LogP) is 3.42. The van der Waals surface area contributed by atoms with Crippen LogP contribution in [0.4, 0.5) is 5.69 Å². The van der Waals surface area contributed by atoms with Crippen LogP contribution in [0.25, 0.3) is 0 Å². The van der Waals surface area contributed by atoms with Gasteiger partial charge in [0, 0.05) is 24.8 Å². The van der Waals surface area contributed by atoms with Crippen molar-refractivity contribution in [3.05, 3.63) is 29.3 Å². The van der Waals surface area contributed by atoms with Crippen molar-refractivity contribution in [2.24, 2.45) is 5.92 Å². The van der Waals surface area contributed by atoms with Gasteiger partial charge in [-0.2, -0.15) is 0 Å². The maximum absolute atomic E-state index is 3.45. The number of likely N-dealkylation sites (tertiary alicyclic amines) is 1. The van der Waals surface area contributed by atoms with E-state index in [1.165, 1.54) is 68.4 Å². The lowest BCUT2D eigenvalue weighted by Crippen LogP contribution is -2.41. The zero-order valence-electron chi connectivity index (χ0n) is 11.7. The highest BCUT2D eigenvalue weighted by atomic mass is 15.2. The molecule has 3 aliphatic rings. The smallest absolute Gasteiger partial charge is 0.0373 e. The molecule has 1 saturated carbocycles. The van der Waals surface area contributed by atoms with Gasteiger partial charge in [0.15, 0.2) is 0 Å². The maximum atomic E-state index is 3.45. The Labute approximate surface area is 116 Å². The summed E-state index contributed by atoms with van der Waals surface area (Å²) >= 11 is 0. The Morgan fingerprint density at radius 2 is 2.11 bits per heavy atom. The summed E-state index contributed by atoms with van der Waals surface area (Å²) in [5.41, 5.74) is 4.41. The molecule has 1 aromatic carbocycles. The Bertz CT molecular complexity index is 468. The molecule has 19 heavy (non-hydrogen) atoms. The van der Waals surface area contributed by atoms with E-state index in [0.29, 0.717) is 0 Å². The molecular formula is C17H24N2. The quantitative estimate of drug-likeness (QED) is 0.872. The summed E-state index contributed by atoms with van der Waals surface area (Å²) in [6, 6.07) is 7.94. The van der Waals surface area contributed by atoms with Gasteiger partial charge < -0.3 is 5.32 Å². The SMILES string of the molecule is c1cc2c(cc1CN1CCCC3CCCC31)CCN2. The number of nitrogens with zero attached hydrogens (tertiary/aromatic N) is 1. The summed E-state index contributed by atoms with van der Waals surface area (Å²) < 4.78 is 0. The maximum Gasteiger partial charge on any atom is 0.0373 e. The van der Waals surface area contributed by atoms with Crippen molar-refractivity contribution in [3.8, 4) is 0 Å². The molecule has 102 valence electrons. The van der Waals surface area contributed by atoms with Gasteiger partial charge in [-0.1, -0.05) is 18.6 Å². The molecule has 2 aliphatic heterocycles. The fourth-order valence-electron chi connectivity index (χ4n) is 4.44. The molecule has 2 nitrogen and oxygen atoms in total. The van der Waals surface area contributed by atoms with Crippen LogP contribution in [0, 0.1) is 5.92 Å². The lowest BCUT2D eigenvalue weighted by atomic mass is 9.91. The van der Waals surface area contributed by atoms with E-state index >= 15 is 0 Å². The van der Waals surface area contributed by atoms with Crippen LogP contribution in [-0.4, -0.2) is 24.0 Å². The van der Waals surface area contributed by atoms with E-state index in [1.54, 1.807) is 0 Å². The molecule has 2 heterocycles. The molecule has 1 N–H and O–H groups in total. The Balaban J connectivity index is 1.51. The van der Waals surface area contributed by atoms with E-state index in [4.69, 9.17) is 0 Å². The normalized spacial score (nSPS) is 29.9. The molecule has 1 saturated heterocycles. The van der Waals surface area contributed by atoms with E-state index in [0.717, 1.165) is 18.5 Å². The topological polar surface area (TPSA) is 15.3 Å². The van der Waals surface area contributed by atoms with Gasteiger partial charge >= 0.3 is 0 Å². The Hall–Kier alpha value is -1.02. The van der Waals surface area contributed by atoms with Gasteiger partial charge in [-0.25, -0.2) is 0 Å². The summed E-state index contributed by atoms with van der Waals surface area (Å²) in [6.45, 7) is 3.61. The molecule has 2 unspecified atom stereocenters. The van der Waals surface area contributed by atoms with E-state index in [2.05, 4.69) is 28.4 Å². The van der Waals surface area contributed by atoms with Crippen molar-refractivity contribution in [1.82, 2.24) is 4.90 Å². The molecule has 0 spiro atoms. The van der Waals surface area contributed by atoms with E-state index in [-0.39, 0.29) is 0 Å². The minimum Gasteiger partial charge on any atom is -0.384 e. The van der Waals surface area contributed by atoms with E-state index < -0.39 is 0 Å². The van der Waals surface area contributed by atoms with Gasteiger partial charge in [-0.3, -0.25) is 4.90 Å². The number of hydrogen-bond donors (Lipinski definition) is 1. The zero-order valence-corrected chi connectivity index (χ0v) is 11.7. The second kappa shape index (κ2) is 4.82. The Kier molecular flexibility index (Phi) is 2.99. The molecule has 0 bridgehead atoms. The highest BCUT2D eigenvalue weighted by Gasteiger charge is 2.34. The van der Waals surface area contributed by atoms with Crippen LogP contribution in [0.5, 0.6) is 0 Å². The third kappa shape index (κ3) is 2.16.